The number of alkyl halides is 5. The van der Waals surface area contributed by atoms with E-state index in [-0.39, 0.29) is 50.7 Å². The van der Waals surface area contributed by atoms with E-state index < -0.39 is 49.1 Å². The van der Waals surface area contributed by atoms with Gasteiger partial charge in [0.2, 0.25) is 5.91 Å². The molecule has 16 heteroatoms. The van der Waals surface area contributed by atoms with Crippen molar-refractivity contribution < 1.29 is 30.9 Å². The fraction of sp³-hybridized carbons (Fsp3) is 0.450. The second-order valence-electron chi connectivity index (χ2n) is 8.54. The molecule has 1 unspecified atom stereocenters. The molecule has 0 aromatic carbocycles. The number of rotatable bonds is 6. The standard InChI is InChI=1S/C20H18F5N9OS/c1-34-15-8(6-28-34)11(29-9(30-15)4-5-18(21,22)20(23,24)25)14-31-12(26)10-13(32-14)33-17(35)19(10,16(27)36)7-2-3-7/h6-7H,2-5H2,1H3,(H2,27,36)(H3,26,31,32,33,35)/i1D3. The number of aryl methyl sites for hydroxylation is 2. The molecule has 1 saturated carbocycles. The topological polar surface area (TPSA) is 151 Å². The van der Waals surface area contributed by atoms with E-state index in [1.54, 1.807) is 0 Å². The molecule has 190 valence electrons. The minimum absolute atomic E-state index is 0.0395. The number of amides is 1. The Kier molecular flexibility index (Phi) is 4.42. The maximum Gasteiger partial charge on any atom is 0.453 e. The van der Waals surface area contributed by atoms with Crippen molar-refractivity contribution in [2.75, 3.05) is 11.1 Å². The minimum Gasteiger partial charge on any atom is -0.392 e. The molecule has 5 N–H and O–H groups in total. The molecule has 3 aromatic rings. The third kappa shape index (κ3) is 3.45. The molecule has 5 rings (SSSR count). The Morgan fingerprint density at radius 2 is 2.00 bits per heavy atom. The monoisotopic (exact) mass is 530 g/mol. The van der Waals surface area contributed by atoms with Crippen LogP contribution in [-0.4, -0.2) is 52.7 Å². The maximum atomic E-state index is 13.6. The maximum absolute atomic E-state index is 13.6. The van der Waals surface area contributed by atoms with Crippen LogP contribution < -0.4 is 16.8 Å². The number of halogens is 5. The lowest BCUT2D eigenvalue weighted by Crippen LogP contribution is -2.48. The summed E-state index contributed by atoms with van der Waals surface area (Å²) in [4.78, 5) is 29.4. The van der Waals surface area contributed by atoms with Crippen molar-refractivity contribution in [3.8, 4) is 11.5 Å². The molecule has 1 aliphatic heterocycles. The molecule has 1 amide bonds. The Balaban J connectivity index is 1.67. The normalized spacial score (nSPS) is 21.6. The SMILES string of the molecule is [2H]C([2H])([2H])n1ncc2c(-c3nc(N)c4c(n3)NC(=O)C4(C(N)=S)C3CC3)nc(CCC(F)(F)C(F)(F)F)nc21. The second-order valence-corrected chi connectivity index (χ2v) is 8.98. The summed E-state index contributed by atoms with van der Waals surface area (Å²) in [6.07, 6.45) is -6.14. The molecule has 2 aliphatic rings. The van der Waals surface area contributed by atoms with Gasteiger partial charge in [-0.3, -0.25) is 9.48 Å². The molecular formula is C20H18F5N9OS. The van der Waals surface area contributed by atoms with Gasteiger partial charge < -0.3 is 16.8 Å². The Morgan fingerprint density at radius 3 is 2.61 bits per heavy atom. The van der Waals surface area contributed by atoms with Gasteiger partial charge in [-0.15, -0.1) is 0 Å². The number of nitrogen functional groups attached to an aromatic ring is 1. The van der Waals surface area contributed by atoms with E-state index in [0.717, 1.165) is 6.20 Å². The number of fused-ring (bicyclic) bond motifs is 2. The summed E-state index contributed by atoms with van der Waals surface area (Å²) in [5.74, 6) is -6.91. The Bertz CT molecular complexity index is 1540. The minimum atomic E-state index is -5.81. The van der Waals surface area contributed by atoms with E-state index in [1.807, 2.05) is 0 Å². The van der Waals surface area contributed by atoms with Gasteiger partial charge in [0.1, 0.15) is 28.6 Å². The van der Waals surface area contributed by atoms with Crippen LogP contribution in [0.5, 0.6) is 0 Å². The average Bonchev–Trinajstić information content (AvgIpc) is 3.47. The molecule has 1 atom stereocenters. The summed E-state index contributed by atoms with van der Waals surface area (Å²) in [6, 6.07) is 0. The first-order valence-electron chi connectivity index (χ1n) is 12.0. The molecule has 0 bridgehead atoms. The van der Waals surface area contributed by atoms with Crippen LogP contribution in [0.4, 0.5) is 33.6 Å². The summed E-state index contributed by atoms with van der Waals surface area (Å²) in [5.41, 5.74) is 10.3. The molecule has 0 saturated heterocycles. The summed E-state index contributed by atoms with van der Waals surface area (Å²) in [5, 5.41) is 6.29. The lowest BCUT2D eigenvalue weighted by molar-refractivity contribution is -0.284. The third-order valence-corrected chi connectivity index (χ3v) is 6.59. The van der Waals surface area contributed by atoms with Crippen LogP contribution in [0.25, 0.3) is 22.6 Å². The lowest BCUT2D eigenvalue weighted by atomic mass is 9.77. The fourth-order valence-corrected chi connectivity index (χ4v) is 4.73. The van der Waals surface area contributed by atoms with E-state index in [2.05, 4.69) is 30.4 Å². The van der Waals surface area contributed by atoms with E-state index in [4.69, 9.17) is 27.8 Å². The molecule has 36 heavy (non-hydrogen) atoms. The second kappa shape index (κ2) is 7.72. The van der Waals surface area contributed by atoms with Gasteiger partial charge >= 0.3 is 12.1 Å². The van der Waals surface area contributed by atoms with Gasteiger partial charge in [0.05, 0.1) is 22.1 Å². The number of hydrogen-bond acceptors (Lipinski definition) is 8. The summed E-state index contributed by atoms with van der Waals surface area (Å²) < 4.78 is 88.9. The van der Waals surface area contributed by atoms with Gasteiger partial charge in [0.15, 0.2) is 11.5 Å². The van der Waals surface area contributed by atoms with Crippen LogP contribution >= 0.6 is 12.2 Å². The van der Waals surface area contributed by atoms with E-state index in [9.17, 15) is 26.7 Å². The summed E-state index contributed by atoms with van der Waals surface area (Å²) in [7, 11) is 0. The number of hydrogen-bond donors (Lipinski definition) is 3. The van der Waals surface area contributed by atoms with Gasteiger partial charge in [-0.2, -0.15) is 27.1 Å². The van der Waals surface area contributed by atoms with Gasteiger partial charge in [-0.05, 0) is 18.8 Å². The van der Waals surface area contributed by atoms with Crippen molar-refractivity contribution >= 4 is 45.8 Å². The zero-order chi connectivity index (χ0) is 28.7. The van der Waals surface area contributed by atoms with Crippen molar-refractivity contribution in [1.29, 1.82) is 0 Å². The number of nitrogens with zero attached hydrogens (tertiary/aromatic N) is 6. The van der Waals surface area contributed by atoms with Crippen molar-refractivity contribution in [2.45, 2.75) is 43.2 Å². The van der Waals surface area contributed by atoms with Gasteiger partial charge in [0.25, 0.3) is 0 Å². The fourth-order valence-electron chi connectivity index (χ4n) is 4.37. The average molecular weight is 531 g/mol. The first kappa shape index (κ1) is 20.6. The van der Waals surface area contributed by atoms with Crippen LogP contribution in [0.2, 0.25) is 0 Å². The highest BCUT2D eigenvalue weighted by Gasteiger charge is 2.60. The molecule has 3 aromatic heterocycles. The van der Waals surface area contributed by atoms with Crippen LogP contribution in [0.1, 0.15) is 34.8 Å². The Morgan fingerprint density at radius 1 is 1.28 bits per heavy atom. The van der Waals surface area contributed by atoms with Crippen molar-refractivity contribution in [3.05, 3.63) is 17.6 Å². The number of anilines is 2. The summed E-state index contributed by atoms with van der Waals surface area (Å²) in [6.45, 7) is -2.88. The lowest BCUT2D eigenvalue weighted by Gasteiger charge is -2.26. The summed E-state index contributed by atoms with van der Waals surface area (Å²) >= 11 is 5.21. The van der Waals surface area contributed by atoms with Gasteiger partial charge in [-0.1, -0.05) is 12.2 Å². The predicted octanol–water partition coefficient (Wildman–Crippen LogP) is 2.42. The van der Waals surface area contributed by atoms with Gasteiger partial charge in [-0.25, -0.2) is 19.9 Å². The van der Waals surface area contributed by atoms with Crippen molar-refractivity contribution in [1.82, 2.24) is 29.7 Å². The van der Waals surface area contributed by atoms with E-state index in [0.29, 0.717) is 17.5 Å². The largest absolute Gasteiger partial charge is 0.453 e. The van der Waals surface area contributed by atoms with Crippen LogP contribution in [0, 0.1) is 5.92 Å². The van der Waals surface area contributed by atoms with E-state index >= 15 is 0 Å². The molecular weight excluding hydrogens is 509 g/mol. The molecule has 10 nitrogen and oxygen atoms in total. The zero-order valence-electron chi connectivity index (χ0n) is 21.0. The third-order valence-electron chi connectivity index (χ3n) is 6.26. The number of thiocarbonyl (C=S) groups is 1. The molecule has 4 heterocycles. The van der Waals surface area contributed by atoms with Gasteiger partial charge in [0, 0.05) is 23.9 Å². The molecule has 0 radical (unpaired) electrons. The smallest absolute Gasteiger partial charge is 0.392 e. The molecule has 1 fully saturated rings. The van der Waals surface area contributed by atoms with Crippen molar-refractivity contribution in [3.63, 3.8) is 0 Å². The number of nitrogens with two attached hydrogens (primary N) is 2. The predicted molar refractivity (Wildman–Crippen MR) is 121 cm³/mol. The van der Waals surface area contributed by atoms with Crippen LogP contribution in [0.15, 0.2) is 6.20 Å². The highest BCUT2D eigenvalue weighted by atomic mass is 32.1. The van der Waals surface area contributed by atoms with E-state index in [1.165, 1.54) is 0 Å². The number of aromatic nitrogens is 6. The Hall–Kier alpha value is -3.56. The number of nitrogens with one attached hydrogen (secondary N) is 1. The Labute approximate surface area is 208 Å². The first-order chi connectivity index (χ1) is 18.0. The first-order valence-corrected chi connectivity index (χ1v) is 10.9. The highest BCUT2D eigenvalue weighted by molar-refractivity contribution is 7.80. The highest BCUT2D eigenvalue weighted by Crippen LogP contribution is 2.54. The number of carbonyl (C=O) groups is 1. The zero-order valence-corrected chi connectivity index (χ0v) is 18.8. The van der Waals surface area contributed by atoms with Crippen molar-refractivity contribution in [2.24, 2.45) is 18.6 Å². The number of carbonyl (C=O) groups excluding carboxylic acids is 1. The molecule has 0 spiro atoms. The van der Waals surface area contributed by atoms with Crippen LogP contribution in [0.3, 0.4) is 0 Å². The van der Waals surface area contributed by atoms with Crippen LogP contribution in [-0.2, 0) is 23.6 Å². The molecule has 1 aliphatic carbocycles. The quantitative estimate of drug-likeness (QED) is 0.322.